The molecule has 0 saturated carbocycles. The van der Waals surface area contributed by atoms with Crippen molar-refractivity contribution in [3.63, 3.8) is 0 Å². The number of nitrogens with zero attached hydrogens (tertiary/aromatic N) is 1. The Bertz CT molecular complexity index is 728. The van der Waals surface area contributed by atoms with Gasteiger partial charge in [-0.15, -0.1) is 0 Å². The van der Waals surface area contributed by atoms with Crippen molar-refractivity contribution in [2.45, 2.75) is 52.9 Å². The highest BCUT2D eigenvalue weighted by atomic mass is 16.5. The van der Waals surface area contributed by atoms with Crippen LogP contribution in [0.5, 0.6) is 0 Å². The molecule has 164 valence electrons. The molecule has 1 atom stereocenters. The van der Waals surface area contributed by atoms with E-state index in [1.165, 1.54) is 5.56 Å². The number of ether oxygens (including phenoxy) is 1. The van der Waals surface area contributed by atoms with Gasteiger partial charge in [-0.2, -0.15) is 0 Å². The maximum Gasteiger partial charge on any atom is 0.191 e. The van der Waals surface area contributed by atoms with Crippen molar-refractivity contribution in [3.8, 4) is 0 Å². The minimum absolute atomic E-state index is 0.235. The van der Waals surface area contributed by atoms with E-state index in [1.54, 1.807) is 0 Å². The molecule has 3 N–H and O–H groups in total. The van der Waals surface area contributed by atoms with Crippen molar-refractivity contribution in [2.75, 3.05) is 19.7 Å². The van der Waals surface area contributed by atoms with Crippen LogP contribution in [0.25, 0.3) is 0 Å². The van der Waals surface area contributed by atoms with Gasteiger partial charge >= 0.3 is 0 Å². The van der Waals surface area contributed by atoms with Gasteiger partial charge in [-0.1, -0.05) is 67.9 Å². The summed E-state index contributed by atoms with van der Waals surface area (Å²) in [6.07, 6.45) is 3.06. The Morgan fingerprint density at radius 3 is 2.40 bits per heavy atom. The van der Waals surface area contributed by atoms with Gasteiger partial charge in [0.1, 0.15) is 0 Å². The summed E-state index contributed by atoms with van der Waals surface area (Å²) >= 11 is 0. The molecule has 0 saturated heterocycles. The van der Waals surface area contributed by atoms with Crippen molar-refractivity contribution >= 4 is 5.96 Å². The van der Waals surface area contributed by atoms with Crippen LogP contribution in [0.2, 0.25) is 0 Å². The fraction of sp³-hybridized carbons (Fsp3) is 0.480. The van der Waals surface area contributed by atoms with E-state index in [0.717, 1.165) is 49.4 Å². The van der Waals surface area contributed by atoms with Gasteiger partial charge in [0.15, 0.2) is 5.96 Å². The second-order valence-electron chi connectivity index (χ2n) is 7.54. The predicted octanol–water partition coefficient (Wildman–Crippen LogP) is 4.26. The summed E-state index contributed by atoms with van der Waals surface area (Å²) < 4.78 is 5.85. The lowest BCUT2D eigenvalue weighted by Gasteiger charge is -2.18. The molecule has 2 aromatic carbocycles. The average Bonchev–Trinajstić information content (AvgIpc) is 2.77. The number of benzene rings is 2. The van der Waals surface area contributed by atoms with Gasteiger partial charge in [0.05, 0.1) is 19.8 Å². The van der Waals surface area contributed by atoms with Gasteiger partial charge in [0, 0.05) is 19.7 Å². The highest BCUT2D eigenvalue weighted by Crippen LogP contribution is 2.11. The minimum atomic E-state index is 0.235. The number of guanidine groups is 1. The number of rotatable bonds is 13. The maximum absolute atomic E-state index is 9.25. The van der Waals surface area contributed by atoms with E-state index in [4.69, 9.17) is 9.73 Å². The van der Waals surface area contributed by atoms with Gasteiger partial charge in [-0.3, -0.25) is 0 Å². The second kappa shape index (κ2) is 14.6. The summed E-state index contributed by atoms with van der Waals surface area (Å²) in [7, 11) is 0. The third-order valence-corrected chi connectivity index (χ3v) is 4.93. The molecule has 0 spiro atoms. The summed E-state index contributed by atoms with van der Waals surface area (Å²) in [6, 6.07) is 18.6. The summed E-state index contributed by atoms with van der Waals surface area (Å²) in [6.45, 7) is 7.94. The quantitative estimate of drug-likeness (QED) is 0.340. The normalized spacial score (nSPS) is 12.6. The fourth-order valence-corrected chi connectivity index (χ4v) is 3.37. The number of hydrogen-bond donors (Lipinski definition) is 3. The van der Waals surface area contributed by atoms with E-state index >= 15 is 0 Å². The molecule has 0 aromatic heterocycles. The van der Waals surface area contributed by atoms with Crippen LogP contribution >= 0.6 is 0 Å². The molecule has 1 unspecified atom stereocenters. The zero-order valence-electron chi connectivity index (χ0n) is 18.4. The van der Waals surface area contributed by atoms with Crippen molar-refractivity contribution in [3.05, 3.63) is 71.3 Å². The highest BCUT2D eigenvalue weighted by molar-refractivity contribution is 5.79. The summed E-state index contributed by atoms with van der Waals surface area (Å²) in [4.78, 5) is 4.74. The monoisotopic (exact) mass is 411 g/mol. The number of aliphatic imine (C=N–C) groups is 1. The van der Waals surface area contributed by atoms with Crippen LogP contribution in [0.15, 0.2) is 59.6 Å². The van der Waals surface area contributed by atoms with Gasteiger partial charge in [-0.25, -0.2) is 4.99 Å². The van der Waals surface area contributed by atoms with Crippen molar-refractivity contribution in [1.82, 2.24) is 10.6 Å². The van der Waals surface area contributed by atoms with E-state index in [9.17, 15) is 5.11 Å². The maximum atomic E-state index is 9.25. The zero-order valence-corrected chi connectivity index (χ0v) is 18.4. The van der Waals surface area contributed by atoms with Gasteiger partial charge in [0.2, 0.25) is 0 Å². The third kappa shape index (κ3) is 9.42. The summed E-state index contributed by atoms with van der Waals surface area (Å²) in [5.74, 6) is 1.29. The van der Waals surface area contributed by atoms with Crippen molar-refractivity contribution in [1.29, 1.82) is 0 Å². The number of nitrogens with one attached hydrogen (secondary N) is 2. The van der Waals surface area contributed by atoms with Gasteiger partial charge < -0.3 is 20.5 Å². The van der Waals surface area contributed by atoms with E-state index in [-0.39, 0.29) is 6.61 Å². The average molecular weight is 412 g/mol. The number of aliphatic hydroxyl groups excluding tert-OH is 1. The first kappa shape index (κ1) is 23.9. The largest absolute Gasteiger partial charge is 0.396 e. The molecular formula is C25H37N3O2. The van der Waals surface area contributed by atoms with Crippen LogP contribution in [-0.4, -0.2) is 30.8 Å². The second-order valence-corrected chi connectivity index (χ2v) is 7.54. The van der Waals surface area contributed by atoms with E-state index in [1.807, 2.05) is 18.2 Å². The molecule has 0 fully saturated rings. The van der Waals surface area contributed by atoms with Gasteiger partial charge in [-0.05, 0) is 42.4 Å². The Morgan fingerprint density at radius 1 is 0.933 bits per heavy atom. The Balaban J connectivity index is 1.87. The molecule has 2 aromatic rings. The summed E-state index contributed by atoms with van der Waals surface area (Å²) in [5, 5.41) is 16.0. The van der Waals surface area contributed by atoms with E-state index < -0.39 is 0 Å². The molecule has 2 rings (SSSR count). The van der Waals surface area contributed by atoms with Crippen LogP contribution in [0.1, 0.15) is 49.8 Å². The molecule has 0 aliphatic rings. The lowest BCUT2D eigenvalue weighted by molar-refractivity contribution is 0.107. The molecule has 0 aliphatic heterocycles. The first-order chi connectivity index (χ1) is 14.7. The molecule has 0 bridgehead atoms. The molecule has 5 heteroatoms. The van der Waals surface area contributed by atoms with Crippen LogP contribution in [0, 0.1) is 5.92 Å². The first-order valence-corrected chi connectivity index (χ1v) is 11.1. The molecular weight excluding hydrogens is 374 g/mol. The zero-order chi connectivity index (χ0) is 21.4. The lowest BCUT2D eigenvalue weighted by atomic mass is 10.0. The van der Waals surface area contributed by atoms with E-state index in [0.29, 0.717) is 25.7 Å². The van der Waals surface area contributed by atoms with Crippen LogP contribution in [0.4, 0.5) is 0 Å². The van der Waals surface area contributed by atoms with E-state index in [2.05, 4.69) is 60.9 Å². The summed E-state index contributed by atoms with van der Waals surface area (Å²) in [5.41, 5.74) is 3.50. The Morgan fingerprint density at radius 2 is 1.67 bits per heavy atom. The fourth-order valence-electron chi connectivity index (χ4n) is 3.37. The molecule has 0 radical (unpaired) electrons. The van der Waals surface area contributed by atoms with Crippen molar-refractivity contribution in [2.24, 2.45) is 10.9 Å². The van der Waals surface area contributed by atoms with Crippen LogP contribution < -0.4 is 10.6 Å². The number of aliphatic hydroxyl groups is 1. The third-order valence-electron chi connectivity index (χ3n) is 4.93. The Hall–Kier alpha value is -2.37. The Kier molecular flexibility index (Phi) is 11.6. The van der Waals surface area contributed by atoms with Crippen molar-refractivity contribution < 1.29 is 9.84 Å². The molecule has 0 amide bonds. The Labute approximate surface area is 181 Å². The minimum Gasteiger partial charge on any atom is -0.396 e. The lowest BCUT2D eigenvalue weighted by Crippen LogP contribution is -2.40. The number of hydrogen-bond acceptors (Lipinski definition) is 3. The molecule has 0 aliphatic carbocycles. The molecule has 30 heavy (non-hydrogen) atoms. The highest BCUT2D eigenvalue weighted by Gasteiger charge is 2.08. The first-order valence-electron chi connectivity index (χ1n) is 11.1. The standard InChI is InChI=1S/C25H37N3O2/c1-3-9-21(14-15-29)17-27-25(26-4-2)28-18-23-12-8-13-24(16-23)20-30-19-22-10-6-5-7-11-22/h5-8,10-13,16,21,29H,3-4,9,14-15,17-20H2,1-2H3,(H2,26,27,28). The van der Waals surface area contributed by atoms with Gasteiger partial charge in [0.25, 0.3) is 0 Å². The molecule has 0 heterocycles. The topological polar surface area (TPSA) is 65.9 Å². The smallest absolute Gasteiger partial charge is 0.191 e. The van der Waals surface area contributed by atoms with Crippen LogP contribution in [0.3, 0.4) is 0 Å². The van der Waals surface area contributed by atoms with Crippen LogP contribution in [-0.2, 0) is 24.5 Å². The predicted molar refractivity (Wildman–Crippen MR) is 124 cm³/mol. The molecule has 5 nitrogen and oxygen atoms in total. The SMILES string of the molecule is CCCC(CCO)CNC(=NCc1cccc(COCc2ccccc2)c1)NCC.